The number of nitrogens with zero attached hydrogens (tertiary/aromatic N) is 4. The SMILES string of the molecule is CC1(C)CC(=O)C2=C(C1)N(c1nnc(SCc3ccccc3)s1)C(N)=C(C#N)C2c1c(F)cccc1Cl. The maximum Gasteiger partial charge on any atom is 0.219 e. The fraction of sp³-hybridized carbons (Fsp3) is 0.259. The first-order valence-corrected chi connectivity index (χ1v) is 13.8. The van der Waals surface area contributed by atoms with Crippen molar-refractivity contribution in [3.05, 3.63) is 93.2 Å². The predicted molar refractivity (Wildman–Crippen MR) is 144 cm³/mol. The van der Waals surface area contributed by atoms with Crippen LogP contribution < -0.4 is 10.6 Å². The molecular weight excluding hydrogens is 529 g/mol. The number of benzene rings is 2. The van der Waals surface area contributed by atoms with E-state index >= 15 is 4.39 Å². The van der Waals surface area contributed by atoms with Crippen molar-refractivity contribution in [3.8, 4) is 6.07 Å². The van der Waals surface area contributed by atoms with E-state index in [2.05, 4.69) is 16.3 Å². The molecule has 0 fully saturated rings. The molecule has 0 saturated heterocycles. The monoisotopic (exact) mass is 551 g/mol. The number of thioether (sulfide) groups is 1. The molecule has 1 unspecified atom stereocenters. The molecule has 0 radical (unpaired) electrons. The third-order valence-corrected chi connectivity index (χ3v) is 8.90. The lowest BCUT2D eigenvalue weighted by Crippen LogP contribution is -2.42. The number of hydrogen-bond acceptors (Lipinski definition) is 8. The van der Waals surface area contributed by atoms with Crippen molar-refractivity contribution in [3.63, 3.8) is 0 Å². The predicted octanol–water partition coefficient (Wildman–Crippen LogP) is 6.56. The van der Waals surface area contributed by atoms with Crippen LogP contribution in [0, 0.1) is 22.6 Å². The Morgan fingerprint density at radius 2 is 1.97 bits per heavy atom. The summed E-state index contributed by atoms with van der Waals surface area (Å²) in [5, 5.41) is 19.5. The second kappa shape index (κ2) is 9.93. The van der Waals surface area contributed by atoms with Crippen LogP contribution in [0.2, 0.25) is 5.02 Å². The summed E-state index contributed by atoms with van der Waals surface area (Å²) in [6.07, 6.45) is 0.747. The second-order valence-corrected chi connectivity index (χ2v) is 12.3. The lowest BCUT2D eigenvalue weighted by molar-refractivity contribution is -0.118. The molecule has 6 nitrogen and oxygen atoms in total. The van der Waals surface area contributed by atoms with Crippen LogP contribution in [0.5, 0.6) is 0 Å². The average molecular weight is 552 g/mol. The summed E-state index contributed by atoms with van der Waals surface area (Å²) in [7, 11) is 0. The Morgan fingerprint density at radius 1 is 1.22 bits per heavy atom. The van der Waals surface area contributed by atoms with Gasteiger partial charge in [-0.3, -0.25) is 9.69 Å². The fourth-order valence-corrected chi connectivity index (χ4v) is 6.98. The van der Waals surface area contributed by atoms with Crippen LogP contribution in [-0.2, 0) is 10.5 Å². The van der Waals surface area contributed by atoms with Gasteiger partial charge in [0.2, 0.25) is 5.13 Å². The zero-order valence-corrected chi connectivity index (χ0v) is 22.6. The Morgan fingerprint density at radius 3 is 2.68 bits per heavy atom. The Kier molecular flexibility index (Phi) is 6.84. The first-order chi connectivity index (χ1) is 17.7. The Hall–Kier alpha value is -3.19. The van der Waals surface area contributed by atoms with Gasteiger partial charge in [-0.2, -0.15) is 5.26 Å². The van der Waals surface area contributed by atoms with Gasteiger partial charge < -0.3 is 5.73 Å². The maximum atomic E-state index is 15.1. The maximum absolute atomic E-state index is 15.1. The van der Waals surface area contributed by atoms with Gasteiger partial charge in [0.15, 0.2) is 10.1 Å². The highest BCUT2D eigenvalue weighted by Crippen LogP contribution is 2.52. The molecule has 2 aliphatic rings. The highest BCUT2D eigenvalue weighted by atomic mass is 35.5. The second-order valence-electron chi connectivity index (χ2n) is 9.74. The van der Waals surface area contributed by atoms with Crippen LogP contribution in [0.25, 0.3) is 0 Å². The van der Waals surface area contributed by atoms with Crippen molar-refractivity contribution in [2.75, 3.05) is 4.90 Å². The molecule has 0 amide bonds. The van der Waals surface area contributed by atoms with Crippen molar-refractivity contribution in [2.45, 2.75) is 42.7 Å². The van der Waals surface area contributed by atoms with Gasteiger partial charge in [-0.15, -0.1) is 10.2 Å². The Bertz CT molecular complexity index is 1470. The molecule has 1 aromatic heterocycles. The van der Waals surface area contributed by atoms with Crippen molar-refractivity contribution in [1.29, 1.82) is 5.26 Å². The number of nitriles is 1. The minimum absolute atomic E-state index is 0.0625. The summed E-state index contributed by atoms with van der Waals surface area (Å²) in [4.78, 5) is 15.3. The molecule has 10 heteroatoms. The van der Waals surface area contributed by atoms with Crippen molar-refractivity contribution in [1.82, 2.24) is 10.2 Å². The molecule has 5 rings (SSSR count). The van der Waals surface area contributed by atoms with Crippen LogP contribution in [0.1, 0.15) is 43.7 Å². The third-order valence-electron chi connectivity index (χ3n) is 6.46. The molecule has 0 spiro atoms. The van der Waals surface area contributed by atoms with Crippen LogP contribution in [-0.4, -0.2) is 16.0 Å². The van der Waals surface area contributed by atoms with Gasteiger partial charge in [0.25, 0.3) is 0 Å². The van der Waals surface area contributed by atoms with E-state index < -0.39 is 11.7 Å². The smallest absolute Gasteiger partial charge is 0.219 e. The average Bonchev–Trinajstić information content (AvgIpc) is 3.31. The number of aromatic nitrogens is 2. The van der Waals surface area contributed by atoms with Crippen molar-refractivity contribution in [2.24, 2.45) is 11.1 Å². The topological polar surface area (TPSA) is 95.9 Å². The quantitative estimate of drug-likeness (QED) is 0.358. The van der Waals surface area contributed by atoms with Gasteiger partial charge in [0, 0.05) is 34.0 Å². The summed E-state index contributed by atoms with van der Waals surface area (Å²) in [6, 6.07) is 16.5. The molecule has 188 valence electrons. The first kappa shape index (κ1) is 25.5. The number of nitrogens with two attached hydrogens (primary N) is 1. The molecule has 1 aliphatic heterocycles. The van der Waals surface area contributed by atoms with E-state index in [0.29, 0.717) is 22.8 Å². The van der Waals surface area contributed by atoms with Gasteiger partial charge in [-0.25, -0.2) is 4.39 Å². The van der Waals surface area contributed by atoms with Gasteiger partial charge in [-0.1, -0.05) is 84.9 Å². The first-order valence-electron chi connectivity index (χ1n) is 11.6. The fourth-order valence-electron chi connectivity index (χ4n) is 4.87. The lowest BCUT2D eigenvalue weighted by Gasteiger charge is -2.42. The molecule has 2 aromatic carbocycles. The van der Waals surface area contributed by atoms with Gasteiger partial charge in [0.1, 0.15) is 11.6 Å². The van der Waals surface area contributed by atoms with Crippen LogP contribution in [0.4, 0.5) is 9.52 Å². The molecule has 37 heavy (non-hydrogen) atoms. The number of anilines is 1. The van der Waals surface area contributed by atoms with E-state index in [4.69, 9.17) is 17.3 Å². The molecule has 2 N–H and O–H groups in total. The highest BCUT2D eigenvalue weighted by Gasteiger charge is 2.46. The zero-order valence-electron chi connectivity index (χ0n) is 20.2. The minimum Gasteiger partial charge on any atom is -0.384 e. The third kappa shape index (κ3) is 4.77. The number of allylic oxidation sites excluding steroid dienone is 3. The van der Waals surface area contributed by atoms with Crippen molar-refractivity contribution < 1.29 is 9.18 Å². The van der Waals surface area contributed by atoms with E-state index in [1.54, 1.807) is 22.7 Å². The molecular formula is C27H23ClFN5OS2. The number of rotatable bonds is 5. The van der Waals surface area contributed by atoms with Crippen LogP contribution in [0.3, 0.4) is 0 Å². The summed E-state index contributed by atoms with van der Waals surface area (Å²) >= 11 is 9.30. The summed E-state index contributed by atoms with van der Waals surface area (Å²) < 4.78 is 15.9. The van der Waals surface area contributed by atoms with Gasteiger partial charge in [-0.05, 0) is 29.5 Å². The van der Waals surface area contributed by atoms with E-state index in [1.807, 2.05) is 44.2 Å². The number of carbonyl (C=O) groups excluding carboxylic acids is 1. The van der Waals surface area contributed by atoms with E-state index in [-0.39, 0.29) is 39.6 Å². The Labute approximate surface area is 227 Å². The number of hydrogen-bond donors (Lipinski definition) is 1. The zero-order chi connectivity index (χ0) is 26.3. The number of Topliss-reactive ketones (excluding diaryl/α,β-unsaturated/α-hetero) is 1. The van der Waals surface area contributed by atoms with Gasteiger partial charge >= 0.3 is 0 Å². The van der Waals surface area contributed by atoms with Gasteiger partial charge in [0.05, 0.1) is 17.6 Å². The number of halogens is 2. The molecule has 0 saturated carbocycles. The number of ketones is 1. The molecule has 1 atom stereocenters. The summed E-state index contributed by atoms with van der Waals surface area (Å²) in [6.45, 7) is 4.00. The molecule has 3 aromatic rings. The van der Waals surface area contributed by atoms with Crippen molar-refractivity contribution >= 4 is 45.6 Å². The highest BCUT2D eigenvalue weighted by molar-refractivity contribution is 8.00. The van der Waals surface area contributed by atoms with E-state index in [0.717, 1.165) is 15.7 Å². The van der Waals surface area contributed by atoms with E-state index in [9.17, 15) is 10.1 Å². The number of carbonyl (C=O) groups is 1. The van der Waals surface area contributed by atoms with Crippen LogP contribution in [0.15, 0.2) is 75.5 Å². The Balaban J connectivity index is 1.62. The normalized spacial score (nSPS) is 19.2. The standard InChI is InChI=1S/C27H23ClFN5OS2/c1-27(2)11-19-23(20(35)12-27)21(22-17(28)9-6-10-18(22)29)16(13-30)24(31)34(19)25-32-33-26(37-25)36-14-15-7-4-3-5-8-15/h3-10,21H,11-12,14,31H2,1-2H3. The lowest BCUT2D eigenvalue weighted by atomic mass is 9.68. The molecule has 0 bridgehead atoms. The summed E-state index contributed by atoms with van der Waals surface area (Å²) in [5.74, 6) is -0.923. The van der Waals surface area contributed by atoms with E-state index in [1.165, 1.54) is 23.5 Å². The summed E-state index contributed by atoms with van der Waals surface area (Å²) in [5.41, 5.74) is 8.50. The minimum atomic E-state index is -0.992. The van der Waals surface area contributed by atoms with Crippen LogP contribution >= 0.6 is 34.7 Å². The molecule has 1 aliphatic carbocycles. The molecule has 2 heterocycles. The largest absolute Gasteiger partial charge is 0.384 e.